The summed E-state index contributed by atoms with van der Waals surface area (Å²) >= 11 is 6.32. The third-order valence-electron chi connectivity index (χ3n) is 2.94. The topological polar surface area (TPSA) is 76.5 Å². The molecule has 1 unspecified atom stereocenters. The molecule has 2 aromatic rings. The molecule has 0 saturated heterocycles. The predicted octanol–water partition coefficient (Wildman–Crippen LogP) is 2.22. The minimum Gasteiger partial charge on any atom is -0.868 e. The highest BCUT2D eigenvalue weighted by atomic mass is 35.5. The van der Waals surface area contributed by atoms with Crippen LogP contribution >= 0.6 is 22.9 Å². The first kappa shape index (κ1) is 14.2. The lowest BCUT2D eigenvalue weighted by Gasteiger charge is -2.28. The smallest absolute Gasteiger partial charge is 0.386 e. The maximum atomic E-state index is 12.3. The van der Waals surface area contributed by atoms with Crippen LogP contribution in [0.2, 0.25) is 4.34 Å². The Kier molecular flexibility index (Phi) is 3.56. The number of hydrogen-bond donors (Lipinski definition) is 1. The first-order chi connectivity index (χ1) is 10.0. The number of fused-ring (bicyclic) bond motifs is 1. The van der Waals surface area contributed by atoms with Gasteiger partial charge in [-0.25, -0.2) is 9.78 Å². The number of carboxylic acids is 1. The Morgan fingerprint density at radius 3 is 2.90 bits per heavy atom. The molecule has 0 amide bonds. The van der Waals surface area contributed by atoms with Gasteiger partial charge in [0, 0.05) is 11.8 Å². The van der Waals surface area contributed by atoms with Crippen molar-refractivity contribution in [2.45, 2.75) is 0 Å². The molecule has 0 bridgehead atoms. The molecule has 1 atom stereocenters. The fourth-order valence-electron chi connectivity index (χ4n) is 2.08. The Balaban J connectivity index is 2.25. The van der Waals surface area contributed by atoms with Crippen LogP contribution in [0.3, 0.4) is 0 Å². The van der Waals surface area contributed by atoms with Crippen LogP contribution < -0.4 is 9.41 Å². The van der Waals surface area contributed by atoms with Crippen molar-refractivity contribution < 1.29 is 15.0 Å². The van der Waals surface area contributed by atoms with Gasteiger partial charge in [0.2, 0.25) is 0 Å². The molecule has 0 aromatic carbocycles. The van der Waals surface area contributed by atoms with Crippen molar-refractivity contribution in [3.8, 4) is 0 Å². The molecule has 0 fully saturated rings. The van der Waals surface area contributed by atoms with Crippen molar-refractivity contribution in [1.29, 1.82) is 0 Å². The second kappa shape index (κ2) is 5.25. The number of hydrogen-bond acceptors (Lipinski definition) is 5. The quantitative estimate of drug-likeness (QED) is 0.848. The third-order valence-corrected chi connectivity index (χ3v) is 6.17. The van der Waals surface area contributed by atoms with Gasteiger partial charge in [-0.15, -0.1) is 15.6 Å². The fourth-order valence-corrected chi connectivity index (χ4v) is 5.20. The lowest BCUT2D eigenvalue weighted by Crippen LogP contribution is -2.35. The third kappa shape index (κ3) is 2.27. The number of pyridine rings is 1. The molecule has 0 spiro atoms. The van der Waals surface area contributed by atoms with E-state index in [-0.39, 0.29) is 4.91 Å². The zero-order valence-corrected chi connectivity index (χ0v) is 13.1. The van der Waals surface area contributed by atoms with Crippen molar-refractivity contribution in [2.24, 2.45) is 0 Å². The van der Waals surface area contributed by atoms with Crippen molar-refractivity contribution in [3.63, 3.8) is 0 Å². The number of halogens is 1. The molecular weight excluding hydrogens is 332 g/mol. The first-order valence-corrected chi connectivity index (χ1v) is 8.60. The second-order valence-corrected chi connectivity index (χ2v) is 7.58. The number of thiophene rings is 1. The molecule has 0 radical (unpaired) electrons. The molecule has 108 valence electrons. The van der Waals surface area contributed by atoms with Crippen molar-refractivity contribution in [1.82, 2.24) is 4.98 Å². The molecule has 1 aliphatic rings. The molecule has 2 aromatic heterocycles. The SMILES string of the molecule is C[S+]1C(C(=O)O)=C([O-])c2cc(Cl)sc2N1c1ccccn1. The van der Waals surface area contributed by atoms with E-state index in [1.807, 2.05) is 6.07 Å². The largest absolute Gasteiger partial charge is 0.868 e. The number of aliphatic carboxylic acids is 1. The van der Waals surface area contributed by atoms with Gasteiger partial charge in [-0.1, -0.05) is 17.7 Å². The second-order valence-electron chi connectivity index (χ2n) is 4.19. The van der Waals surface area contributed by atoms with Crippen LogP contribution in [0.1, 0.15) is 5.56 Å². The molecule has 21 heavy (non-hydrogen) atoms. The zero-order chi connectivity index (χ0) is 15.1. The van der Waals surface area contributed by atoms with Gasteiger partial charge in [0.15, 0.2) is 21.9 Å². The van der Waals surface area contributed by atoms with Crippen LogP contribution in [0.15, 0.2) is 35.4 Å². The monoisotopic (exact) mass is 340 g/mol. The van der Waals surface area contributed by atoms with Gasteiger partial charge in [-0.2, -0.15) is 0 Å². The van der Waals surface area contributed by atoms with E-state index in [2.05, 4.69) is 4.98 Å². The van der Waals surface area contributed by atoms with Gasteiger partial charge in [0.05, 0.1) is 4.34 Å². The first-order valence-electron chi connectivity index (χ1n) is 5.82. The predicted molar refractivity (Wildman–Crippen MR) is 83.5 cm³/mol. The van der Waals surface area contributed by atoms with E-state index in [9.17, 15) is 15.0 Å². The van der Waals surface area contributed by atoms with E-state index < -0.39 is 22.8 Å². The van der Waals surface area contributed by atoms with Crippen LogP contribution in [0, 0.1) is 0 Å². The molecule has 3 heterocycles. The molecule has 8 heteroatoms. The van der Waals surface area contributed by atoms with E-state index in [0.29, 0.717) is 20.7 Å². The summed E-state index contributed by atoms with van der Waals surface area (Å²) in [7, 11) is 0. The van der Waals surface area contributed by atoms with Crippen LogP contribution in [-0.4, -0.2) is 22.3 Å². The highest BCUT2D eigenvalue weighted by Crippen LogP contribution is 2.47. The van der Waals surface area contributed by atoms with E-state index in [1.165, 1.54) is 17.4 Å². The van der Waals surface area contributed by atoms with E-state index in [4.69, 9.17) is 11.6 Å². The van der Waals surface area contributed by atoms with E-state index in [1.54, 1.807) is 28.9 Å². The van der Waals surface area contributed by atoms with Gasteiger partial charge in [-0.3, -0.25) is 0 Å². The Hall–Kier alpha value is -1.70. The fraction of sp³-hybridized carbons (Fsp3) is 0.0769. The maximum absolute atomic E-state index is 12.3. The minimum atomic E-state index is -1.21. The summed E-state index contributed by atoms with van der Waals surface area (Å²) in [6.45, 7) is 0. The molecule has 1 aliphatic heterocycles. The molecule has 0 saturated carbocycles. The van der Waals surface area contributed by atoms with Crippen molar-refractivity contribution >= 4 is 56.6 Å². The maximum Gasteiger partial charge on any atom is 0.386 e. The summed E-state index contributed by atoms with van der Waals surface area (Å²) < 4.78 is 2.20. The summed E-state index contributed by atoms with van der Waals surface area (Å²) in [6, 6.07) is 6.87. The van der Waals surface area contributed by atoms with Gasteiger partial charge in [0.1, 0.15) is 6.26 Å². The molecule has 5 nitrogen and oxygen atoms in total. The summed E-state index contributed by atoms with van der Waals surface area (Å²) in [6.07, 6.45) is 3.32. The zero-order valence-electron chi connectivity index (χ0n) is 10.7. The van der Waals surface area contributed by atoms with Crippen LogP contribution in [-0.2, 0) is 15.9 Å². The van der Waals surface area contributed by atoms with E-state index >= 15 is 0 Å². The Labute approximate surface area is 132 Å². The van der Waals surface area contributed by atoms with E-state index in [0.717, 1.165) is 0 Å². The Bertz CT molecular complexity index is 745. The Morgan fingerprint density at radius 1 is 1.52 bits per heavy atom. The molecule has 1 N–H and O–H groups in total. The van der Waals surface area contributed by atoms with Gasteiger partial charge in [-0.05, 0) is 24.0 Å². The molecule has 3 rings (SSSR count). The van der Waals surface area contributed by atoms with Crippen LogP contribution in [0.4, 0.5) is 10.8 Å². The highest BCUT2D eigenvalue weighted by molar-refractivity contribution is 8.02. The van der Waals surface area contributed by atoms with Gasteiger partial charge in [0.25, 0.3) is 4.91 Å². The minimum absolute atomic E-state index is 0.150. The number of carboxylic acid groups (broad SMARTS) is 1. The highest BCUT2D eigenvalue weighted by Gasteiger charge is 2.43. The molecular formula is C13H9ClN2O3S2. The average molecular weight is 341 g/mol. The van der Waals surface area contributed by atoms with Crippen LogP contribution in [0.25, 0.3) is 5.76 Å². The number of carbonyl (C=O) groups is 1. The summed E-state index contributed by atoms with van der Waals surface area (Å²) in [5.41, 5.74) is 0.318. The molecule has 0 aliphatic carbocycles. The number of anilines is 2. The summed E-state index contributed by atoms with van der Waals surface area (Å²) in [4.78, 5) is 15.5. The summed E-state index contributed by atoms with van der Waals surface area (Å²) in [5, 5.41) is 22.3. The normalized spacial score (nSPS) is 17.8. The number of nitrogens with zero attached hydrogens (tertiary/aromatic N) is 2. The lowest BCUT2D eigenvalue weighted by molar-refractivity contribution is -0.244. The lowest BCUT2D eigenvalue weighted by atomic mass is 10.2. The number of rotatable bonds is 2. The Morgan fingerprint density at radius 2 is 2.29 bits per heavy atom. The summed E-state index contributed by atoms with van der Waals surface area (Å²) in [5.74, 6) is -1.09. The standard InChI is InChI=1S/C13H9ClN2O3S2/c1-21-11(13(18)19)10(17)7-6-8(14)20-12(7)16(21)9-4-2-3-5-15-9/h2-6H,1H3,(H-,17,18,19). The van der Waals surface area contributed by atoms with Crippen molar-refractivity contribution in [2.75, 3.05) is 10.6 Å². The van der Waals surface area contributed by atoms with Crippen molar-refractivity contribution in [3.05, 3.63) is 45.3 Å². The van der Waals surface area contributed by atoms with Gasteiger partial charge < -0.3 is 10.2 Å². The van der Waals surface area contributed by atoms with Gasteiger partial charge >= 0.3 is 5.97 Å². The average Bonchev–Trinajstić information content (AvgIpc) is 2.81. The van der Waals surface area contributed by atoms with Crippen LogP contribution in [0.5, 0.6) is 0 Å². The number of aromatic nitrogens is 1.